The van der Waals surface area contributed by atoms with E-state index in [1.165, 1.54) is 17.0 Å². The lowest BCUT2D eigenvalue weighted by Crippen LogP contribution is -2.31. The van der Waals surface area contributed by atoms with E-state index in [0.29, 0.717) is 17.6 Å². The first kappa shape index (κ1) is 19.9. The first-order valence-electron chi connectivity index (χ1n) is 7.73. The fraction of sp³-hybridized carbons (Fsp3) is 0.111. The Morgan fingerprint density at radius 1 is 1.22 bits per heavy atom. The molecule has 0 unspecified atom stereocenters. The smallest absolute Gasteiger partial charge is 0.397 e. The third-order valence-electron chi connectivity index (χ3n) is 3.52. The van der Waals surface area contributed by atoms with Crippen molar-refractivity contribution in [3.8, 4) is 5.75 Å². The molecular weight excluding hydrogens is 416 g/mol. The van der Waals surface area contributed by atoms with Crippen molar-refractivity contribution in [2.24, 2.45) is 0 Å². The van der Waals surface area contributed by atoms with E-state index in [1.807, 2.05) is 0 Å². The molecule has 0 spiro atoms. The van der Waals surface area contributed by atoms with Gasteiger partial charge in [-0.25, -0.2) is 0 Å². The maximum absolute atomic E-state index is 12.4. The molecule has 0 aliphatic carbocycles. The molecule has 0 radical (unpaired) electrons. The zero-order valence-corrected chi connectivity index (χ0v) is 15.6. The van der Waals surface area contributed by atoms with Crippen LogP contribution < -0.4 is 10.2 Å². The van der Waals surface area contributed by atoms with Gasteiger partial charge in [-0.2, -0.15) is 0 Å². The number of halogens is 1. The second-order valence-corrected chi connectivity index (χ2v) is 5.97. The van der Waals surface area contributed by atoms with Crippen LogP contribution in [-0.2, 0) is 16.1 Å². The molecule has 0 aliphatic heterocycles. The lowest BCUT2D eigenvalue weighted by molar-refractivity contribution is -0.116. The number of anilines is 2. The van der Waals surface area contributed by atoms with Gasteiger partial charge in [0, 0.05) is 11.4 Å². The van der Waals surface area contributed by atoms with E-state index in [4.69, 9.17) is 5.39 Å². The largest absolute Gasteiger partial charge is 0.508 e. The van der Waals surface area contributed by atoms with Crippen LogP contribution in [0.4, 0.5) is 11.4 Å². The molecule has 0 fully saturated rings. The van der Waals surface area contributed by atoms with Gasteiger partial charge in [-0.3, -0.25) is 9.59 Å². The number of alkyl halides is 1. The molecule has 0 bridgehead atoms. The molecule has 138 valence electrons. The minimum atomic E-state index is -0.859. The van der Waals surface area contributed by atoms with Crippen LogP contribution in [0.3, 0.4) is 0 Å². The number of phenolic OH excluding ortho intramolecular Hbond substituents is 1. The number of aliphatic hydroxyl groups is 1. The van der Waals surface area contributed by atoms with E-state index in [0.717, 1.165) is 5.56 Å². The lowest BCUT2D eigenvalue weighted by Gasteiger charge is -2.23. The van der Waals surface area contributed by atoms with Gasteiger partial charge in [-0.05, 0) is 35.9 Å². The van der Waals surface area contributed by atoms with E-state index in [-0.39, 0.29) is 23.5 Å². The highest BCUT2D eigenvalue weighted by molar-refractivity contribution is 9.09. The van der Waals surface area contributed by atoms with Crippen LogP contribution in [0.1, 0.15) is 5.56 Å². The maximum atomic E-state index is 12.4. The van der Waals surface area contributed by atoms with Crippen molar-refractivity contribution >= 4 is 39.1 Å². The van der Waals surface area contributed by atoms with Gasteiger partial charge in [0.2, 0.25) is 11.3 Å². The lowest BCUT2D eigenvalue weighted by atomic mass is 10.1. The quantitative estimate of drug-likeness (QED) is 0.280. The zero-order chi connectivity index (χ0) is 19.8. The van der Waals surface area contributed by atoms with Crippen LogP contribution in [0.5, 0.6) is 5.75 Å². The summed E-state index contributed by atoms with van der Waals surface area (Å²) in [5.74, 6) is -1.69. The molecular formula is C18H16BrN4O4+. The Bertz CT molecular complexity index is 906. The normalized spacial score (nSPS) is 10.7. The highest BCUT2D eigenvalue weighted by atomic mass is 79.9. The minimum Gasteiger partial charge on any atom is -0.508 e. The fourth-order valence-corrected chi connectivity index (χ4v) is 2.54. The van der Waals surface area contributed by atoms with Gasteiger partial charge in [0.05, 0.1) is 11.9 Å². The van der Waals surface area contributed by atoms with E-state index < -0.39 is 11.7 Å². The van der Waals surface area contributed by atoms with Gasteiger partial charge in [-0.1, -0.05) is 34.1 Å². The number of nitrogens with zero attached hydrogens (tertiary/aromatic N) is 3. The number of carbonyl (C=O) groups is 2. The van der Waals surface area contributed by atoms with E-state index in [1.54, 1.807) is 36.4 Å². The van der Waals surface area contributed by atoms with Gasteiger partial charge in [-0.15, -0.1) is 0 Å². The maximum Gasteiger partial charge on any atom is 0.397 e. The van der Waals surface area contributed by atoms with Gasteiger partial charge in [0.15, 0.2) is 4.98 Å². The number of hydrogen-bond donors (Lipinski definition) is 3. The summed E-state index contributed by atoms with van der Waals surface area (Å²) in [6.45, 7) is 0.261. The predicted octanol–water partition coefficient (Wildman–Crippen LogP) is 3.51. The first-order valence-corrected chi connectivity index (χ1v) is 8.85. The summed E-state index contributed by atoms with van der Waals surface area (Å²) in [7, 11) is 0. The topological polar surface area (TPSA) is 118 Å². The van der Waals surface area contributed by atoms with Crippen molar-refractivity contribution in [2.75, 3.05) is 15.5 Å². The van der Waals surface area contributed by atoms with Crippen molar-refractivity contribution in [1.29, 1.82) is 5.39 Å². The molecule has 8 nitrogen and oxygen atoms in total. The van der Waals surface area contributed by atoms with Gasteiger partial charge < -0.3 is 20.4 Å². The number of hydrogen-bond acceptors (Lipinski definition) is 5. The highest BCUT2D eigenvalue weighted by Crippen LogP contribution is 2.23. The fourth-order valence-electron chi connectivity index (χ4n) is 2.24. The Hall–Kier alpha value is -3.38. The number of nitrogens with one attached hydrogen (secondary N) is 1. The Labute approximate surface area is 163 Å². The molecule has 0 aromatic heterocycles. The van der Waals surface area contributed by atoms with Gasteiger partial charge in [0.1, 0.15) is 5.75 Å². The number of amides is 2. The SMILES string of the molecule is N#[N+]/C=C(/O)C(=O)Nc1cccc(N(Cc2ccc(O)cc2)C(=O)CBr)c1. The Morgan fingerprint density at radius 3 is 2.56 bits per heavy atom. The van der Waals surface area contributed by atoms with Crippen molar-refractivity contribution < 1.29 is 19.8 Å². The second kappa shape index (κ2) is 9.35. The average molecular weight is 432 g/mol. The average Bonchev–Trinajstić information content (AvgIpc) is 2.67. The molecule has 2 amide bonds. The molecule has 0 saturated carbocycles. The van der Waals surface area contributed by atoms with Crippen molar-refractivity contribution in [1.82, 2.24) is 0 Å². The van der Waals surface area contributed by atoms with Crippen LogP contribution in [0.2, 0.25) is 0 Å². The van der Waals surface area contributed by atoms with E-state index in [9.17, 15) is 19.8 Å². The van der Waals surface area contributed by atoms with Crippen LogP contribution in [-0.4, -0.2) is 27.4 Å². The third-order valence-corrected chi connectivity index (χ3v) is 4.00. The Morgan fingerprint density at radius 2 is 1.93 bits per heavy atom. The van der Waals surface area contributed by atoms with Crippen LogP contribution in [0.15, 0.2) is 60.5 Å². The van der Waals surface area contributed by atoms with Crippen molar-refractivity contribution in [3.63, 3.8) is 0 Å². The molecule has 0 aliphatic rings. The summed E-state index contributed by atoms with van der Waals surface area (Å²) < 4.78 is 0. The molecule has 0 heterocycles. The third kappa shape index (κ3) is 5.55. The Balaban J connectivity index is 2.27. The van der Waals surface area contributed by atoms with Crippen LogP contribution >= 0.6 is 15.9 Å². The molecule has 2 aromatic carbocycles. The number of benzene rings is 2. The molecule has 3 N–H and O–H groups in total. The summed E-state index contributed by atoms with van der Waals surface area (Å²) in [6, 6.07) is 13.0. The molecule has 27 heavy (non-hydrogen) atoms. The summed E-state index contributed by atoms with van der Waals surface area (Å²) in [6.07, 6.45) is 0.602. The van der Waals surface area contributed by atoms with E-state index in [2.05, 4.69) is 26.2 Å². The zero-order valence-electron chi connectivity index (χ0n) is 14.0. The molecule has 9 heteroatoms. The summed E-state index contributed by atoms with van der Waals surface area (Å²) >= 11 is 3.16. The monoisotopic (exact) mass is 431 g/mol. The van der Waals surface area contributed by atoms with Gasteiger partial charge in [0.25, 0.3) is 11.7 Å². The van der Waals surface area contributed by atoms with Crippen LogP contribution in [0.25, 0.3) is 4.98 Å². The number of diazo groups is 1. The number of carbonyl (C=O) groups excluding carboxylic acids is 2. The minimum absolute atomic E-state index is 0.100. The summed E-state index contributed by atoms with van der Waals surface area (Å²) in [5, 5.41) is 29.7. The van der Waals surface area contributed by atoms with E-state index >= 15 is 0 Å². The molecule has 0 saturated heterocycles. The molecule has 2 aromatic rings. The highest BCUT2D eigenvalue weighted by Gasteiger charge is 2.17. The van der Waals surface area contributed by atoms with Gasteiger partial charge >= 0.3 is 6.20 Å². The Kier molecular flexibility index (Phi) is 6.91. The second-order valence-electron chi connectivity index (χ2n) is 5.41. The first-order chi connectivity index (χ1) is 12.9. The van der Waals surface area contributed by atoms with Crippen molar-refractivity contribution in [2.45, 2.75) is 6.54 Å². The van der Waals surface area contributed by atoms with Crippen molar-refractivity contribution in [3.05, 3.63) is 71.0 Å². The molecule has 0 atom stereocenters. The number of rotatable bonds is 6. The number of aromatic hydroxyl groups is 1. The standard InChI is InChI=1S/C18H15BrN4O4/c19-9-17(26)23(11-12-4-6-15(24)7-5-12)14-3-1-2-13(8-14)22-18(27)16(25)10-21-20/h1-8,10H,9,11H2,(H2-,22,24,25,27)/p+1/b16-10+. The summed E-state index contributed by atoms with van der Waals surface area (Å²) in [5.41, 5.74) is 1.68. The summed E-state index contributed by atoms with van der Waals surface area (Å²) in [4.78, 5) is 28.2. The number of phenols is 1. The predicted molar refractivity (Wildman–Crippen MR) is 104 cm³/mol. The van der Waals surface area contributed by atoms with Crippen LogP contribution in [0, 0.1) is 5.39 Å². The molecule has 2 rings (SSSR count). The number of aliphatic hydroxyl groups excluding tert-OH is 1.